The smallest absolute Gasteiger partial charge is 0.253 e. The van der Waals surface area contributed by atoms with Crippen molar-refractivity contribution in [2.24, 2.45) is 11.8 Å². The lowest BCUT2D eigenvalue weighted by atomic mass is 9.70. The zero-order valence-electron chi connectivity index (χ0n) is 14.4. The molecule has 2 fully saturated rings. The number of amides is 1. The summed E-state index contributed by atoms with van der Waals surface area (Å²) in [5.74, 6) is -0.127. The summed E-state index contributed by atoms with van der Waals surface area (Å²) < 4.78 is 18.8. The van der Waals surface area contributed by atoms with E-state index in [-0.39, 0.29) is 23.6 Å². The third-order valence-corrected chi connectivity index (χ3v) is 5.75. The quantitative estimate of drug-likeness (QED) is 0.904. The molecule has 5 heteroatoms. The van der Waals surface area contributed by atoms with Crippen molar-refractivity contribution in [1.82, 2.24) is 4.90 Å². The van der Waals surface area contributed by atoms with Crippen LogP contribution in [0.25, 0.3) is 0 Å². The number of carbonyl (C=O) groups is 1. The van der Waals surface area contributed by atoms with E-state index in [1.54, 1.807) is 17.9 Å². The van der Waals surface area contributed by atoms with E-state index in [1.165, 1.54) is 12.1 Å². The van der Waals surface area contributed by atoms with Crippen molar-refractivity contribution in [3.05, 3.63) is 35.1 Å². The van der Waals surface area contributed by atoms with Crippen molar-refractivity contribution in [2.45, 2.75) is 38.7 Å². The Morgan fingerprint density at radius 1 is 1.38 bits per heavy atom. The lowest BCUT2D eigenvalue weighted by Crippen LogP contribution is -2.56. The fourth-order valence-electron chi connectivity index (χ4n) is 4.09. The highest BCUT2D eigenvalue weighted by Crippen LogP contribution is 2.39. The Balaban J connectivity index is 1.70. The minimum atomic E-state index is -0.723. The standard InChI is InChI=1S/C19H26FNO3/c1-13-11-15(3-4-17(13)20)18(22)21-8-7-19(23,14(2)12-21)16-5-9-24-10-6-16/h3-4,11,14,16,23H,5-10,12H2,1-2H3/t14-,19+/m1/s1. The second-order valence-corrected chi connectivity index (χ2v) is 7.24. The van der Waals surface area contributed by atoms with E-state index in [0.29, 0.717) is 43.9 Å². The summed E-state index contributed by atoms with van der Waals surface area (Å²) in [7, 11) is 0. The zero-order chi connectivity index (χ0) is 17.3. The number of ether oxygens (including phenoxy) is 1. The molecule has 3 rings (SSSR count). The minimum Gasteiger partial charge on any atom is -0.389 e. The Kier molecular flexibility index (Phi) is 4.92. The van der Waals surface area contributed by atoms with Gasteiger partial charge in [-0.25, -0.2) is 4.39 Å². The van der Waals surface area contributed by atoms with Gasteiger partial charge >= 0.3 is 0 Å². The van der Waals surface area contributed by atoms with Gasteiger partial charge in [0.15, 0.2) is 0 Å². The third-order valence-electron chi connectivity index (χ3n) is 5.75. The van der Waals surface area contributed by atoms with Crippen LogP contribution in [0.4, 0.5) is 4.39 Å². The molecule has 0 bridgehead atoms. The van der Waals surface area contributed by atoms with Gasteiger partial charge in [0, 0.05) is 37.8 Å². The number of hydrogen-bond acceptors (Lipinski definition) is 3. The average molecular weight is 335 g/mol. The average Bonchev–Trinajstić information content (AvgIpc) is 2.60. The van der Waals surface area contributed by atoms with Crippen LogP contribution in [0.1, 0.15) is 42.1 Å². The molecule has 132 valence electrons. The van der Waals surface area contributed by atoms with E-state index < -0.39 is 5.60 Å². The molecular formula is C19H26FNO3. The monoisotopic (exact) mass is 335 g/mol. The summed E-state index contributed by atoms with van der Waals surface area (Å²) >= 11 is 0. The van der Waals surface area contributed by atoms with Gasteiger partial charge in [0.1, 0.15) is 5.82 Å². The van der Waals surface area contributed by atoms with E-state index in [9.17, 15) is 14.3 Å². The number of halogens is 1. The van der Waals surface area contributed by atoms with Crippen LogP contribution in [0.2, 0.25) is 0 Å². The largest absolute Gasteiger partial charge is 0.389 e. The van der Waals surface area contributed by atoms with Crippen molar-refractivity contribution in [3.63, 3.8) is 0 Å². The Labute approximate surface area is 142 Å². The maximum Gasteiger partial charge on any atom is 0.253 e. The molecular weight excluding hydrogens is 309 g/mol. The fraction of sp³-hybridized carbons (Fsp3) is 0.632. The molecule has 2 atom stereocenters. The van der Waals surface area contributed by atoms with Gasteiger partial charge in [0.2, 0.25) is 0 Å². The molecule has 2 heterocycles. The number of piperidine rings is 1. The van der Waals surface area contributed by atoms with E-state index in [2.05, 4.69) is 0 Å². The van der Waals surface area contributed by atoms with Crippen molar-refractivity contribution in [1.29, 1.82) is 0 Å². The van der Waals surface area contributed by atoms with Gasteiger partial charge in [0.25, 0.3) is 5.91 Å². The van der Waals surface area contributed by atoms with Crippen LogP contribution in [0.3, 0.4) is 0 Å². The maximum atomic E-state index is 13.4. The maximum absolute atomic E-state index is 13.4. The SMILES string of the molecule is Cc1cc(C(=O)N2CC[C@@](O)(C3CCOCC3)[C@H](C)C2)ccc1F. The van der Waals surface area contributed by atoms with Crippen LogP contribution in [-0.4, -0.2) is 47.8 Å². The van der Waals surface area contributed by atoms with Crippen molar-refractivity contribution in [2.75, 3.05) is 26.3 Å². The van der Waals surface area contributed by atoms with Crippen LogP contribution in [0.15, 0.2) is 18.2 Å². The van der Waals surface area contributed by atoms with Crippen LogP contribution < -0.4 is 0 Å². The van der Waals surface area contributed by atoms with Crippen molar-refractivity contribution < 1.29 is 19.0 Å². The second kappa shape index (κ2) is 6.81. The molecule has 4 nitrogen and oxygen atoms in total. The lowest BCUT2D eigenvalue weighted by molar-refractivity contribution is -0.125. The topological polar surface area (TPSA) is 49.8 Å². The first-order valence-corrected chi connectivity index (χ1v) is 8.77. The van der Waals surface area contributed by atoms with Gasteiger partial charge in [-0.1, -0.05) is 6.92 Å². The number of aliphatic hydroxyl groups is 1. The first-order valence-electron chi connectivity index (χ1n) is 8.77. The molecule has 2 aliphatic heterocycles. The Bertz CT molecular complexity index is 615. The Morgan fingerprint density at radius 2 is 2.08 bits per heavy atom. The summed E-state index contributed by atoms with van der Waals surface area (Å²) in [6, 6.07) is 4.48. The van der Waals surface area contributed by atoms with Crippen LogP contribution >= 0.6 is 0 Å². The van der Waals surface area contributed by atoms with Gasteiger partial charge in [-0.15, -0.1) is 0 Å². The molecule has 2 aliphatic rings. The molecule has 1 N–H and O–H groups in total. The van der Waals surface area contributed by atoms with Gasteiger partial charge in [-0.05, 0) is 55.9 Å². The number of carbonyl (C=O) groups excluding carboxylic acids is 1. The lowest BCUT2D eigenvalue weighted by Gasteiger charge is -2.48. The highest BCUT2D eigenvalue weighted by atomic mass is 19.1. The fourth-order valence-corrected chi connectivity index (χ4v) is 4.09. The highest BCUT2D eigenvalue weighted by Gasteiger charge is 2.46. The summed E-state index contributed by atoms with van der Waals surface area (Å²) in [6.45, 7) is 6.16. The summed E-state index contributed by atoms with van der Waals surface area (Å²) in [5.41, 5.74) is 0.265. The third kappa shape index (κ3) is 3.20. The predicted octanol–water partition coefficient (Wildman–Crippen LogP) is 2.77. The first-order chi connectivity index (χ1) is 11.4. The molecule has 0 saturated carbocycles. The molecule has 0 unspecified atom stereocenters. The van der Waals surface area contributed by atoms with Crippen molar-refractivity contribution in [3.8, 4) is 0 Å². The van der Waals surface area contributed by atoms with Crippen LogP contribution in [-0.2, 0) is 4.74 Å². The molecule has 1 aromatic rings. The number of hydrogen-bond donors (Lipinski definition) is 1. The second-order valence-electron chi connectivity index (χ2n) is 7.24. The number of rotatable bonds is 2. The zero-order valence-corrected chi connectivity index (χ0v) is 14.4. The Hall–Kier alpha value is -1.46. The van der Waals surface area contributed by atoms with Gasteiger partial charge in [-0.3, -0.25) is 4.79 Å². The van der Waals surface area contributed by atoms with E-state index in [4.69, 9.17) is 4.74 Å². The van der Waals surface area contributed by atoms with Gasteiger partial charge < -0.3 is 14.7 Å². The minimum absolute atomic E-state index is 0.0137. The number of benzene rings is 1. The van der Waals surface area contributed by atoms with Gasteiger partial charge in [0.05, 0.1) is 5.60 Å². The summed E-state index contributed by atoms with van der Waals surface area (Å²) in [5, 5.41) is 11.2. The number of likely N-dealkylation sites (tertiary alicyclic amines) is 1. The molecule has 24 heavy (non-hydrogen) atoms. The molecule has 0 radical (unpaired) electrons. The van der Waals surface area contributed by atoms with E-state index >= 15 is 0 Å². The summed E-state index contributed by atoms with van der Waals surface area (Å²) in [4.78, 5) is 14.5. The molecule has 2 saturated heterocycles. The van der Waals surface area contributed by atoms with Gasteiger partial charge in [-0.2, -0.15) is 0 Å². The normalized spacial score (nSPS) is 28.8. The number of nitrogens with zero attached hydrogens (tertiary/aromatic N) is 1. The first kappa shape index (κ1) is 17.4. The van der Waals surface area contributed by atoms with Crippen molar-refractivity contribution >= 4 is 5.91 Å². The Morgan fingerprint density at radius 3 is 2.71 bits per heavy atom. The van der Waals surface area contributed by atoms with E-state index in [0.717, 1.165) is 12.8 Å². The molecule has 0 aliphatic carbocycles. The highest BCUT2D eigenvalue weighted by molar-refractivity contribution is 5.94. The van der Waals surface area contributed by atoms with E-state index in [1.807, 2.05) is 6.92 Å². The van der Waals surface area contributed by atoms with Crippen LogP contribution in [0, 0.1) is 24.6 Å². The molecule has 1 amide bonds. The van der Waals surface area contributed by atoms with Crippen LogP contribution in [0.5, 0.6) is 0 Å². The summed E-state index contributed by atoms with van der Waals surface area (Å²) in [6.07, 6.45) is 2.35. The molecule has 0 spiro atoms. The predicted molar refractivity (Wildman–Crippen MR) is 89.3 cm³/mol. The molecule has 0 aromatic heterocycles. The molecule has 1 aromatic carbocycles. The number of aryl methyl sites for hydroxylation is 1.